The van der Waals surface area contributed by atoms with Crippen LogP contribution < -0.4 is 5.32 Å². The second-order valence-electron chi connectivity index (χ2n) is 4.78. The zero-order valence-electron chi connectivity index (χ0n) is 10.2. The number of pyridine rings is 1. The van der Waals surface area contributed by atoms with Crippen LogP contribution in [0.4, 0.5) is 0 Å². The zero-order valence-corrected chi connectivity index (χ0v) is 10.2. The molecule has 0 saturated carbocycles. The molecule has 2 rings (SSSR count). The highest BCUT2D eigenvalue weighted by Crippen LogP contribution is 2.32. The van der Waals surface area contributed by atoms with E-state index < -0.39 is 0 Å². The van der Waals surface area contributed by atoms with E-state index in [1.165, 1.54) is 18.4 Å². The minimum atomic E-state index is 0.533. The van der Waals surface area contributed by atoms with Gasteiger partial charge >= 0.3 is 0 Å². The van der Waals surface area contributed by atoms with Gasteiger partial charge in [0.2, 0.25) is 0 Å². The molecular weight excluding hydrogens is 198 g/mol. The molecule has 1 saturated heterocycles. The van der Waals surface area contributed by atoms with E-state index in [0.29, 0.717) is 6.04 Å². The maximum atomic E-state index is 4.10. The molecule has 0 spiro atoms. The van der Waals surface area contributed by atoms with Crippen LogP contribution in [-0.2, 0) is 0 Å². The summed E-state index contributed by atoms with van der Waals surface area (Å²) < 4.78 is 0. The molecule has 1 aromatic heterocycles. The highest BCUT2D eigenvalue weighted by atomic mass is 15.1. The fraction of sp³-hybridized carbons (Fsp3) is 0.615. The quantitative estimate of drug-likeness (QED) is 0.838. The van der Waals surface area contributed by atoms with Gasteiger partial charge in [0.25, 0.3) is 0 Å². The molecule has 3 heteroatoms. The first-order valence-electron chi connectivity index (χ1n) is 6.06. The fourth-order valence-corrected chi connectivity index (χ4v) is 2.71. The average molecular weight is 219 g/mol. The second kappa shape index (κ2) is 5.41. The molecule has 1 fully saturated rings. The Balaban J connectivity index is 2.16. The summed E-state index contributed by atoms with van der Waals surface area (Å²) in [5, 5.41) is 3.43. The number of aromatic nitrogens is 1. The standard InChI is InChI=1S/C13H21N3/c1-16(2)13(11-3-7-14-8-4-11)12-5-9-15-10-6-12/h3-4,7-8,12-13,15H,5-6,9-10H2,1-2H3. The maximum Gasteiger partial charge on any atom is 0.0372 e. The van der Waals surface area contributed by atoms with Crippen molar-refractivity contribution >= 4 is 0 Å². The van der Waals surface area contributed by atoms with Gasteiger partial charge in [-0.05, 0) is 63.6 Å². The molecule has 0 amide bonds. The van der Waals surface area contributed by atoms with Crippen molar-refractivity contribution < 1.29 is 0 Å². The lowest BCUT2D eigenvalue weighted by atomic mass is 9.85. The lowest BCUT2D eigenvalue weighted by Crippen LogP contribution is -2.35. The summed E-state index contributed by atoms with van der Waals surface area (Å²) in [4.78, 5) is 6.44. The van der Waals surface area contributed by atoms with Gasteiger partial charge in [-0.2, -0.15) is 0 Å². The van der Waals surface area contributed by atoms with Crippen molar-refractivity contribution in [2.75, 3.05) is 27.2 Å². The molecule has 1 aliphatic heterocycles. The van der Waals surface area contributed by atoms with Gasteiger partial charge in [-0.25, -0.2) is 0 Å². The van der Waals surface area contributed by atoms with Crippen molar-refractivity contribution in [3.05, 3.63) is 30.1 Å². The number of nitrogens with zero attached hydrogens (tertiary/aromatic N) is 2. The van der Waals surface area contributed by atoms with Crippen LogP contribution in [0.15, 0.2) is 24.5 Å². The number of nitrogens with one attached hydrogen (secondary N) is 1. The van der Waals surface area contributed by atoms with Crippen molar-refractivity contribution in [3.8, 4) is 0 Å². The number of hydrogen-bond acceptors (Lipinski definition) is 3. The van der Waals surface area contributed by atoms with E-state index in [1.54, 1.807) is 0 Å². The molecule has 1 unspecified atom stereocenters. The molecule has 1 N–H and O–H groups in total. The third kappa shape index (κ3) is 2.60. The Morgan fingerprint density at radius 2 is 1.88 bits per heavy atom. The molecule has 0 aliphatic carbocycles. The molecule has 1 aliphatic rings. The summed E-state index contributed by atoms with van der Waals surface area (Å²) >= 11 is 0. The Bertz CT molecular complexity index is 304. The third-order valence-electron chi connectivity index (χ3n) is 3.43. The summed E-state index contributed by atoms with van der Waals surface area (Å²) in [6, 6.07) is 4.82. The Morgan fingerprint density at radius 1 is 1.25 bits per heavy atom. The van der Waals surface area contributed by atoms with Crippen LogP contribution in [-0.4, -0.2) is 37.1 Å². The summed E-state index contributed by atoms with van der Waals surface area (Å²) in [6.45, 7) is 2.31. The number of rotatable bonds is 3. The first kappa shape index (κ1) is 11.6. The third-order valence-corrected chi connectivity index (χ3v) is 3.43. The second-order valence-corrected chi connectivity index (χ2v) is 4.78. The van der Waals surface area contributed by atoms with Gasteiger partial charge < -0.3 is 10.2 Å². The van der Waals surface area contributed by atoms with E-state index in [9.17, 15) is 0 Å². The lowest BCUT2D eigenvalue weighted by molar-refractivity contribution is 0.177. The molecule has 2 heterocycles. The Labute approximate surface area is 97.9 Å². The van der Waals surface area contributed by atoms with Crippen LogP contribution in [0.25, 0.3) is 0 Å². The molecule has 0 bridgehead atoms. The first-order chi connectivity index (χ1) is 7.79. The molecule has 16 heavy (non-hydrogen) atoms. The van der Waals surface area contributed by atoms with Crippen LogP contribution in [0.1, 0.15) is 24.4 Å². The van der Waals surface area contributed by atoms with E-state index in [1.807, 2.05) is 12.4 Å². The zero-order chi connectivity index (χ0) is 11.4. The lowest BCUT2D eigenvalue weighted by Gasteiger charge is -2.35. The van der Waals surface area contributed by atoms with Gasteiger partial charge in [0, 0.05) is 18.4 Å². The smallest absolute Gasteiger partial charge is 0.0372 e. The van der Waals surface area contributed by atoms with Gasteiger partial charge in [-0.1, -0.05) is 0 Å². The minimum absolute atomic E-state index is 0.533. The molecule has 1 atom stereocenters. The fourth-order valence-electron chi connectivity index (χ4n) is 2.71. The van der Waals surface area contributed by atoms with Crippen molar-refractivity contribution in [3.63, 3.8) is 0 Å². The first-order valence-corrected chi connectivity index (χ1v) is 6.06. The molecule has 0 aromatic carbocycles. The summed E-state index contributed by atoms with van der Waals surface area (Å²) in [7, 11) is 4.35. The summed E-state index contributed by atoms with van der Waals surface area (Å²) in [5.74, 6) is 0.763. The van der Waals surface area contributed by atoms with Crippen molar-refractivity contribution in [1.82, 2.24) is 15.2 Å². The molecule has 88 valence electrons. The van der Waals surface area contributed by atoms with Crippen molar-refractivity contribution in [2.45, 2.75) is 18.9 Å². The topological polar surface area (TPSA) is 28.2 Å². The molecule has 1 aromatic rings. The highest BCUT2D eigenvalue weighted by Gasteiger charge is 2.26. The van der Waals surface area contributed by atoms with E-state index >= 15 is 0 Å². The van der Waals surface area contributed by atoms with E-state index in [0.717, 1.165) is 19.0 Å². The number of piperidine rings is 1. The maximum absolute atomic E-state index is 4.10. The van der Waals surface area contributed by atoms with Crippen LogP contribution in [0.3, 0.4) is 0 Å². The number of hydrogen-bond donors (Lipinski definition) is 1. The highest BCUT2D eigenvalue weighted by molar-refractivity contribution is 5.16. The van der Waals surface area contributed by atoms with Crippen LogP contribution in [0, 0.1) is 5.92 Å². The van der Waals surface area contributed by atoms with Gasteiger partial charge in [0.15, 0.2) is 0 Å². The van der Waals surface area contributed by atoms with E-state index in [4.69, 9.17) is 0 Å². The van der Waals surface area contributed by atoms with Crippen LogP contribution in [0.5, 0.6) is 0 Å². The SMILES string of the molecule is CN(C)C(c1ccncc1)C1CCNCC1. The van der Waals surface area contributed by atoms with Crippen LogP contribution in [0.2, 0.25) is 0 Å². The molecule has 0 radical (unpaired) electrons. The van der Waals surface area contributed by atoms with Crippen LogP contribution >= 0.6 is 0 Å². The Morgan fingerprint density at radius 3 is 2.44 bits per heavy atom. The molecular formula is C13H21N3. The molecule has 3 nitrogen and oxygen atoms in total. The van der Waals surface area contributed by atoms with Gasteiger partial charge in [-0.15, -0.1) is 0 Å². The summed E-state index contributed by atoms with van der Waals surface area (Å²) in [5.41, 5.74) is 1.40. The van der Waals surface area contributed by atoms with E-state index in [2.05, 4.69) is 41.4 Å². The van der Waals surface area contributed by atoms with Crippen molar-refractivity contribution in [1.29, 1.82) is 0 Å². The largest absolute Gasteiger partial charge is 0.317 e. The predicted molar refractivity (Wildman–Crippen MR) is 66.3 cm³/mol. The minimum Gasteiger partial charge on any atom is -0.317 e. The van der Waals surface area contributed by atoms with Crippen molar-refractivity contribution in [2.24, 2.45) is 5.92 Å². The predicted octanol–water partition coefficient (Wildman–Crippen LogP) is 1.68. The average Bonchev–Trinajstić information content (AvgIpc) is 2.31. The van der Waals surface area contributed by atoms with Gasteiger partial charge in [0.1, 0.15) is 0 Å². The Hall–Kier alpha value is -0.930. The monoisotopic (exact) mass is 219 g/mol. The van der Waals surface area contributed by atoms with Gasteiger partial charge in [0.05, 0.1) is 0 Å². The normalized spacial score (nSPS) is 19.9. The van der Waals surface area contributed by atoms with Gasteiger partial charge in [-0.3, -0.25) is 4.98 Å². The Kier molecular flexibility index (Phi) is 3.91. The summed E-state index contributed by atoms with van der Waals surface area (Å²) in [6.07, 6.45) is 6.33. The van der Waals surface area contributed by atoms with E-state index in [-0.39, 0.29) is 0 Å².